The van der Waals surface area contributed by atoms with Crippen LogP contribution in [0.15, 0.2) is 48.8 Å². The van der Waals surface area contributed by atoms with Gasteiger partial charge in [-0.05, 0) is 67.3 Å². The molecule has 2 amide bonds. The lowest BCUT2D eigenvalue weighted by molar-refractivity contribution is 0.0944. The van der Waals surface area contributed by atoms with Crippen LogP contribution in [0, 0.1) is 5.82 Å². The predicted molar refractivity (Wildman–Crippen MR) is 134 cm³/mol. The summed E-state index contributed by atoms with van der Waals surface area (Å²) in [6.45, 7) is 2.90. The third-order valence-corrected chi connectivity index (χ3v) is 6.58. The zero-order valence-electron chi connectivity index (χ0n) is 19.3. The third kappa shape index (κ3) is 5.32. The standard InChI is InChI=1S/C17H16ClFN2O2.C9H8ClNO/c1-10(23-2)16-14(19)8-20-9-15(16)21-6-5-11-7-12(18)3-4-13(11)17(21)22;10-7-1-2-8-6(5-7)3-4-11-9(8)12/h3-4,7-10H,5-6H2,1-2H3;1-2,5H,3-4H2,(H,11,12). The molecule has 6 nitrogen and oxygen atoms in total. The SMILES string of the molecule is COC(C)c1c(F)cncc1N1CCc2cc(Cl)ccc2C1=O.O=C1NCCc2cc(Cl)ccc21. The second kappa shape index (κ2) is 10.7. The minimum absolute atomic E-state index is 0.00733. The Morgan fingerprint density at radius 1 is 1.03 bits per heavy atom. The maximum Gasteiger partial charge on any atom is 0.258 e. The average molecular weight is 516 g/mol. The zero-order valence-corrected chi connectivity index (χ0v) is 20.8. The number of ether oxygens (including phenoxy) is 1. The Bertz CT molecular complexity index is 1280. The highest BCUT2D eigenvalue weighted by Gasteiger charge is 2.29. The first kappa shape index (κ1) is 25.1. The molecule has 2 aliphatic rings. The molecule has 35 heavy (non-hydrogen) atoms. The molecule has 0 fully saturated rings. The summed E-state index contributed by atoms with van der Waals surface area (Å²) in [6.07, 6.45) is 3.69. The van der Waals surface area contributed by atoms with Crippen LogP contribution >= 0.6 is 23.2 Å². The molecule has 0 radical (unpaired) electrons. The quantitative estimate of drug-likeness (QED) is 0.506. The Labute approximate surface area is 213 Å². The fraction of sp³-hybridized carbons (Fsp3) is 0.269. The third-order valence-electron chi connectivity index (χ3n) is 6.11. The largest absolute Gasteiger partial charge is 0.377 e. The highest BCUT2D eigenvalue weighted by atomic mass is 35.5. The predicted octanol–water partition coefficient (Wildman–Crippen LogP) is 5.41. The number of carbonyl (C=O) groups is 2. The van der Waals surface area contributed by atoms with E-state index < -0.39 is 11.9 Å². The van der Waals surface area contributed by atoms with Gasteiger partial charge in [0.2, 0.25) is 0 Å². The van der Waals surface area contributed by atoms with Gasteiger partial charge in [-0.2, -0.15) is 0 Å². The molecule has 1 unspecified atom stereocenters. The van der Waals surface area contributed by atoms with Gasteiger partial charge >= 0.3 is 0 Å². The number of rotatable bonds is 3. The van der Waals surface area contributed by atoms with E-state index in [1.807, 2.05) is 6.07 Å². The molecule has 9 heteroatoms. The smallest absolute Gasteiger partial charge is 0.258 e. The van der Waals surface area contributed by atoms with Gasteiger partial charge in [0.05, 0.1) is 24.2 Å². The number of nitrogens with zero attached hydrogens (tertiary/aromatic N) is 2. The topological polar surface area (TPSA) is 71.5 Å². The lowest BCUT2D eigenvalue weighted by Gasteiger charge is -2.31. The van der Waals surface area contributed by atoms with Crippen molar-refractivity contribution in [3.8, 4) is 0 Å². The second-order valence-corrected chi connectivity index (χ2v) is 9.12. The van der Waals surface area contributed by atoms with Crippen LogP contribution < -0.4 is 10.2 Å². The van der Waals surface area contributed by atoms with Gasteiger partial charge in [0.1, 0.15) is 5.82 Å². The van der Waals surface area contributed by atoms with E-state index in [9.17, 15) is 14.0 Å². The Morgan fingerprint density at radius 3 is 2.37 bits per heavy atom. The number of fused-ring (bicyclic) bond motifs is 2. The van der Waals surface area contributed by atoms with Crippen molar-refractivity contribution in [2.75, 3.05) is 25.1 Å². The van der Waals surface area contributed by atoms with Crippen molar-refractivity contribution in [2.45, 2.75) is 25.9 Å². The molecule has 1 atom stereocenters. The van der Waals surface area contributed by atoms with Gasteiger partial charge in [0, 0.05) is 46.9 Å². The van der Waals surface area contributed by atoms with Crippen LogP contribution in [0.5, 0.6) is 0 Å². The molecular weight excluding hydrogens is 492 g/mol. The van der Waals surface area contributed by atoms with Gasteiger partial charge < -0.3 is 15.0 Å². The monoisotopic (exact) mass is 515 g/mol. The number of hydrogen-bond donors (Lipinski definition) is 1. The first-order valence-electron chi connectivity index (χ1n) is 11.1. The fourth-order valence-electron chi connectivity index (χ4n) is 4.25. The second-order valence-electron chi connectivity index (χ2n) is 8.25. The lowest BCUT2D eigenvalue weighted by atomic mass is 9.97. The molecule has 182 valence electrons. The van der Waals surface area contributed by atoms with E-state index in [2.05, 4.69) is 10.3 Å². The number of amides is 2. The molecule has 1 N–H and O–H groups in total. The number of benzene rings is 2. The van der Waals surface area contributed by atoms with E-state index in [-0.39, 0.29) is 11.8 Å². The summed E-state index contributed by atoms with van der Waals surface area (Å²) < 4.78 is 19.5. The molecule has 5 rings (SSSR count). The molecule has 0 aliphatic carbocycles. The van der Waals surface area contributed by atoms with Crippen LogP contribution in [0.2, 0.25) is 10.0 Å². The molecule has 3 aromatic rings. The lowest BCUT2D eigenvalue weighted by Crippen LogP contribution is -2.38. The molecule has 0 bridgehead atoms. The van der Waals surface area contributed by atoms with Crippen LogP contribution in [0.4, 0.5) is 10.1 Å². The Kier molecular flexibility index (Phi) is 7.69. The molecular formula is C26H24Cl2FN3O3. The Hall–Kier alpha value is -3.00. The van der Waals surface area contributed by atoms with E-state index in [0.717, 1.165) is 29.3 Å². The van der Waals surface area contributed by atoms with Gasteiger partial charge in [0.15, 0.2) is 0 Å². The van der Waals surface area contributed by atoms with Crippen molar-refractivity contribution >= 4 is 40.7 Å². The van der Waals surface area contributed by atoms with Gasteiger partial charge in [0.25, 0.3) is 11.8 Å². The fourth-order valence-corrected chi connectivity index (χ4v) is 4.64. The zero-order chi connectivity index (χ0) is 25.1. The van der Waals surface area contributed by atoms with Crippen LogP contribution in [0.3, 0.4) is 0 Å². The van der Waals surface area contributed by atoms with Crippen LogP contribution in [0.25, 0.3) is 0 Å². The van der Waals surface area contributed by atoms with E-state index in [1.54, 1.807) is 42.2 Å². The summed E-state index contributed by atoms with van der Waals surface area (Å²) in [6, 6.07) is 10.6. The van der Waals surface area contributed by atoms with Crippen molar-refractivity contribution in [3.05, 3.63) is 92.5 Å². The molecule has 2 aromatic carbocycles. The molecule has 0 saturated carbocycles. The first-order valence-corrected chi connectivity index (χ1v) is 11.9. The van der Waals surface area contributed by atoms with E-state index >= 15 is 0 Å². The molecule has 2 aliphatic heterocycles. The summed E-state index contributed by atoms with van der Waals surface area (Å²) in [4.78, 5) is 29.5. The average Bonchev–Trinajstić information content (AvgIpc) is 2.84. The molecule has 1 aromatic heterocycles. The van der Waals surface area contributed by atoms with Gasteiger partial charge in [-0.25, -0.2) is 4.39 Å². The maximum absolute atomic E-state index is 14.2. The highest BCUT2D eigenvalue weighted by Crippen LogP contribution is 2.33. The van der Waals surface area contributed by atoms with Crippen molar-refractivity contribution in [1.82, 2.24) is 10.3 Å². The van der Waals surface area contributed by atoms with Crippen molar-refractivity contribution < 1.29 is 18.7 Å². The number of halogens is 3. The first-order chi connectivity index (χ1) is 16.8. The number of pyridine rings is 1. The van der Waals surface area contributed by atoms with Crippen molar-refractivity contribution in [2.24, 2.45) is 0 Å². The summed E-state index contributed by atoms with van der Waals surface area (Å²) in [7, 11) is 1.50. The van der Waals surface area contributed by atoms with Crippen LogP contribution in [-0.2, 0) is 17.6 Å². The molecule has 3 heterocycles. The number of anilines is 1. The number of hydrogen-bond acceptors (Lipinski definition) is 4. The maximum atomic E-state index is 14.2. The normalized spacial score (nSPS) is 15.4. The van der Waals surface area contributed by atoms with E-state index in [1.165, 1.54) is 13.3 Å². The van der Waals surface area contributed by atoms with Crippen molar-refractivity contribution in [1.29, 1.82) is 0 Å². The van der Waals surface area contributed by atoms with Crippen LogP contribution in [0.1, 0.15) is 50.4 Å². The van der Waals surface area contributed by atoms with Gasteiger partial charge in [-0.1, -0.05) is 23.2 Å². The minimum Gasteiger partial charge on any atom is -0.377 e. The number of aromatic nitrogens is 1. The highest BCUT2D eigenvalue weighted by molar-refractivity contribution is 6.31. The van der Waals surface area contributed by atoms with Crippen LogP contribution in [-0.4, -0.2) is 37.0 Å². The Morgan fingerprint density at radius 2 is 1.69 bits per heavy atom. The van der Waals surface area contributed by atoms with Gasteiger partial charge in [-0.3, -0.25) is 14.6 Å². The number of nitrogens with one attached hydrogen (secondary N) is 1. The minimum atomic E-state index is -0.480. The molecule has 0 saturated heterocycles. The van der Waals surface area contributed by atoms with Gasteiger partial charge in [-0.15, -0.1) is 0 Å². The summed E-state index contributed by atoms with van der Waals surface area (Å²) in [5, 5.41) is 4.08. The van der Waals surface area contributed by atoms with Crippen molar-refractivity contribution in [3.63, 3.8) is 0 Å². The number of carbonyl (C=O) groups excluding carboxylic acids is 2. The summed E-state index contributed by atoms with van der Waals surface area (Å²) in [5.41, 5.74) is 4.08. The number of methoxy groups -OCH3 is 1. The van der Waals surface area contributed by atoms with E-state index in [4.69, 9.17) is 27.9 Å². The molecule has 0 spiro atoms. The summed E-state index contributed by atoms with van der Waals surface area (Å²) >= 11 is 11.8. The summed E-state index contributed by atoms with van der Waals surface area (Å²) in [5.74, 6) is -0.653. The van der Waals surface area contributed by atoms with E-state index in [0.29, 0.717) is 46.4 Å². The Balaban J connectivity index is 0.000000201.